The van der Waals surface area contributed by atoms with Crippen LogP contribution in [0.1, 0.15) is 23.1 Å². The van der Waals surface area contributed by atoms with Gasteiger partial charge in [-0.05, 0) is 43.0 Å². The number of carbonyl (C=O) groups is 1. The quantitative estimate of drug-likeness (QED) is 0.699. The number of ether oxygens (including phenoxy) is 1. The Balaban J connectivity index is 1.79. The van der Waals surface area contributed by atoms with Crippen LogP contribution in [0.4, 0.5) is 0 Å². The topological polar surface area (TPSA) is 84.8 Å². The summed E-state index contributed by atoms with van der Waals surface area (Å²) in [5.41, 5.74) is 2.50. The maximum atomic E-state index is 12.6. The second kappa shape index (κ2) is 8.79. The molecule has 2 aromatic rings. The zero-order valence-corrected chi connectivity index (χ0v) is 17.3. The van der Waals surface area contributed by atoms with E-state index in [-0.39, 0.29) is 17.3 Å². The molecule has 0 saturated heterocycles. The number of rotatable bonds is 7. The molecule has 0 unspecified atom stereocenters. The molecule has 28 heavy (non-hydrogen) atoms. The first-order chi connectivity index (χ1) is 13.4. The lowest BCUT2D eigenvalue weighted by Gasteiger charge is -2.13. The molecule has 8 heteroatoms. The zero-order valence-electron chi connectivity index (χ0n) is 15.7. The predicted octanol–water partition coefficient (Wildman–Crippen LogP) is 2.90. The highest BCUT2D eigenvalue weighted by atomic mass is 32.2. The maximum absolute atomic E-state index is 12.6. The van der Waals surface area contributed by atoms with Crippen LogP contribution in [-0.2, 0) is 26.2 Å². The normalized spacial score (nSPS) is 17.0. The SMILES string of the molecule is CSCC[C@H](N=C1NS(=O)(=O)c2ccccc21)C(=O)OCc1ccc(C)cc1. The van der Waals surface area contributed by atoms with Gasteiger partial charge >= 0.3 is 5.97 Å². The number of sulfonamides is 1. The Bertz CT molecular complexity index is 986. The first-order valence-electron chi connectivity index (χ1n) is 8.82. The van der Waals surface area contributed by atoms with Gasteiger partial charge in [0.15, 0.2) is 6.04 Å². The summed E-state index contributed by atoms with van der Waals surface area (Å²) in [6.07, 6.45) is 2.40. The molecule has 1 N–H and O–H groups in total. The molecule has 1 heterocycles. The summed E-state index contributed by atoms with van der Waals surface area (Å²) in [4.78, 5) is 17.2. The summed E-state index contributed by atoms with van der Waals surface area (Å²) < 4.78 is 32.4. The highest BCUT2D eigenvalue weighted by Gasteiger charge is 2.32. The summed E-state index contributed by atoms with van der Waals surface area (Å²) >= 11 is 1.59. The van der Waals surface area contributed by atoms with E-state index in [1.807, 2.05) is 37.4 Å². The standard InChI is InChI=1S/C20H22N2O4S2/c1-14-7-9-15(10-8-14)13-26-20(23)17(11-12-27-2)21-19-16-5-3-4-6-18(16)28(24,25)22-19/h3-10,17H,11-13H2,1-2H3,(H,21,22)/t17-/m0/s1. The van der Waals surface area contributed by atoms with Crippen molar-refractivity contribution in [1.82, 2.24) is 4.72 Å². The third-order valence-electron chi connectivity index (χ3n) is 4.32. The van der Waals surface area contributed by atoms with Gasteiger partial charge < -0.3 is 4.74 Å². The minimum atomic E-state index is -3.64. The third kappa shape index (κ3) is 4.74. The summed E-state index contributed by atoms with van der Waals surface area (Å²) in [5.74, 6) is 0.426. The van der Waals surface area contributed by atoms with Crippen LogP contribution >= 0.6 is 11.8 Å². The highest BCUT2D eigenvalue weighted by molar-refractivity contribution is 7.98. The van der Waals surface area contributed by atoms with Gasteiger partial charge in [-0.1, -0.05) is 42.0 Å². The average Bonchev–Trinajstić information content (AvgIpc) is 2.95. The van der Waals surface area contributed by atoms with E-state index in [2.05, 4.69) is 9.71 Å². The molecule has 0 aromatic heterocycles. The van der Waals surface area contributed by atoms with Gasteiger partial charge in [0, 0.05) is 5.56 Å². The number of hydrogen-bond acceptors (Lipinski definition) is 6. The van der Waals surface area contributed by atoms with E-state index in [0.717, 1.165) is 11.1 Å². The number of hydrogen-bond donors (Lipinski definition) is 1. The van der Waals surface area contributed by atoms with E-state index < -0.39 is 22.0 Å². The first kappa shape index (κ1) is 20.4. The molecular weight excluding hydrogens is 396 g/mol. The van der Waals surface area contributed by atoms with E-state index in [1.54, 1.807) is 30.0 Å². The number of aliphatic imine (C=N–C) groups is 1. The predicted molar refractivity (Wildman–Crippen MR) is 111 cm³/mol. The second-order valence-electron chi connectivity index (χ2n) is 6.47. The van der Waals surface area contributed by atoms with Crippen LogP contribution < -0.4 is 4.72 Å². The van der Waals surface area contributed by atoms with E-state index in [9.17, 15) is 13.2 Å². The number of aryl methyl sites for hydroxylation is 1. The van der Waals surface area contributed by atoms with Crippen molar-refractivity contribution in [3.05, 3.63) is 65.2 Å². The maximum Gasteiger partial charge on any atom is 0.331 e. The molecule has 0 spiro atoms. The van der Waals surface area contributed by atoms with Crippen LogP contribution in [0.15, 0.2) is 58.4 Å². The Morgan fingerprint density at radius 1 is 1.18 bits per heavy atom. The molecule has 0 radical (unpaired) electrons. The van der Waals surface area contributed by atoms with Gasteiger partial charge in [-0.2, -0.15) is 11.8 Å². The van der Waals surface area contributed by atoms with Gasteiger partial charge in [0.25, 0.3) is 10.0 Å². The van der Waals surface area contributed by atoms with Crippen LogP contribution in [0, 0.1) is 6.92 Å². The molecule has 0 bridgehead atoms. The number of nitrogens with one attached hydrogen (secondary N) is 1. The smallest absolute Gasteiger partial charge is 0.331 e. The molecule has 148 valence electrons. The lowest BCUT2D eigenvalue weighted by atomic mass is 10.1. The van der Waals surface area contributed by atoms with Crippen molar-refractivity contribution in [2.24, 2.45) is 4.99 Å². The van der Waals surface area contributed by atoms with Crippen LogP contribution in [-0.4, -0.2) is 38.3 Å². The fourth-order valence-corrected chi connectivity index (χ4v) is 4.48. The van der Waals surface area contributed by atoms with Crippen molar-refractivity contribution in [2.75, 3.05) is 12.0 Å². The van der Waals surface area contributed by atoms with Crippen molar-refractivity contribution in [3.63, 3.8) is 0 Å². The number of nitrogens with zero attached hydrogens (tertiary/aromatic N) is 1. The van der Waals surface area contributed by atoms with Crippen molar-refractivity contribution >= 4 is 33.6 Å². The van der Waals surface area contributed by atoms with E-state index in [4.69, 9.17) is 4.74 Å². The molecule has 0 saturated carbocycles. The number of benzene rings is 2. The van der Waals surface area contributed by atoms with Crippen molar-refractivity contribution in [1.29, 1.82) is 0 Å². The van der Waals surface area contributed by atoms with Gasteiger partial charge in [-0.25, -0.2) is 13.2 Å². The Hall–Kier alpha value is -2.32. The van der Waals surface area contributed by atoms with Gasteiger partial charge in [-0.3, -0.25) is 9.71 Å². The molecule has 2 aromatic carbocycles. The fourth-order valence-electron chi connectivity index (χ4n) is 2.79. The molecule has 0 fully saturated rings. The molecule has 6 nitrogen and oxygen atoms in total. The van der Waals surface area contributed by atoms with Gasteiger partial charge in [0.2, 0.25) is 0 Å². The lowest BCUT2D eigenvalue weighted by molar-refractivity contribution is -0.146. The summed E-state index contributed by atoms with van der Waals surface area (Å²) in [5, 5.41) is 0. The Kier molecular flexibility index (Phi) is 6.41. The third-order valence-corrected chi connectivity index (χ3v) is 6.36. The van der Waals surface area contributed by atoms with Crippen molar-refractivity contribution in [2.45, 2.75) is 30.9 Å². The monoisotopic (exact) mass is 418 g/mol. The summed E-state index contributed by atoms with van der Waals surface area (Å²) in [7, 11) is -3.64. The Morgan fingerprint density at radius 2 is 1.89 bits per heavy atom. The molecular formula is C20H22N2O4S2. The van der Waals surface area contributed by atoms with E-state index in [0.29, 0.717) is 17.7 Å². The second-order valence-corrected chi connectivity index (χ2v) is 9.11. The number of fused-ring (bicyclic) bond motifs is 1. The van der Waals surface area contributed by atoms with Crippen LogP contribution in [0.3, 0.4) is 0 Å². The Morgan fingerprint density at radius 3 is 2.61 bits per heavy atom. The van der Waals surface area contributed by atoms with Crippen LogP contribution in [0.25, 0.3) is 0 Å². The fraction of sp³-hybridized carbons (Fsp3) is 0.300. The Labute approximate surface area is 169 Å². The molecule has 3 rings (SSSR count). The van der Waals surface area contributed by atoms with Crippen LogP contribution in [0.5, 0.6) is 0 Å². The molecule has 0 amide bonds. The minimum Gasteiger partial charge on any atom is -0.459 e. The number of carbonyl (C=O) groups excluding carboxylic acids is 1. The van der Waals surface area contributed by atoms with Gasteiger partial charge in [0.05, 0.1) is 4.90 Å². The number of amidine groups is 1. The summed E-state index contributed by atoms with van der Waals surface area (Å²) in [6.45, 7) is 2.15. The largest absolute Gasteiger partial charge is 0.459 e. The number of esters is 1. The van der Waals surface area contributed by atoms with Gasteiger partial charge in [-0.15, -0.1) is 0 Å². The molecule has 0 aliphatic carbocycles. The number of thioether (sulfide) groups is 1. The molecule has 1 aliphatic heterocycles. The van der Waals surface area contributed by atoms with Crippen molar-refractivity contribution in [3.8, 4) is 0 Å². The zero-order chi connectivity index (χ0) is 20.1. The minimum absolute atomic E-state index is 0.155. The van der Waals surface area contributed by atoms with Crippen molar-refractivity contribution < 1.29 is 17.9 Å². The lowest BCUT2D eigenvalue weighted by Crippen LogP contribution is -2.28. The molecule has 1 atom stereocenters. The highest BCUT2D eigenvalue weighted by Crippen LogP contribution is 2.23. The van der Waals surface area contributed by atoms with E-state index >= 15 is 0 Å². The van der Waals surface area contributed by atoms with Gasteiger partial charge in [0.1, 0.15) is 12.4 Å². The summed E-state index contributed by atoms with van der Waals surface area (Å²) in [6, 6.07) is 13.5. The van der Waals surface area contributed by atoms with E-state index in [1.165, 1.54) is 6.07 Å². The molecule has 1 aliphatic rings. The first-order valence-corrected chi connectivity index (χ1v) is 11.7. The van der Waals surface area contributed by atoms with Crippen LogP contribution in [0.2, 0.25) is 0 Å². The average molecular weight is 419 g/mol.